The molecule has 0 saturated carbocycles. The third-order valence-electron chi connectivity index (χ3n) is 5.77. The molecule has 3 heteroatoms. The van der Waals surface area contributed by atoms with Gasteiger partial charge >= 0.3 is 0 Å². The second-order valence-electron chi connectivity index (χ2n) is 10.1. The predicted octanol–water partition coefficient (Wildman–Crippen LogP) is 6.07. The third-order valence-corrected chi connectivity index (χ3v) is 5.77. The lowest BCUT2D eigenvalue weighted by molar-refractivity contribution is -0.904. The molecule has 0 atom stereocenters. The first-order valence-electron chi connectivity index (χ1n) is 11.3. The number of likely N-dealkylation sites (N-methyl/N-ethyl adjacent to an activating group) is 1. The van der Waals surface area contributed by atoms with Crippen molar-refractivity contribution in [2.45, 2.75) is 52.5 Å². The van der Waals surface area contributed by atoms with Gasteiger partial charge in [-0.25, -0.2) is 0 Å². The first-order valence-corrected chi connectivity index (χ1v) is 11.3. The van der Waals surface area contributed by atoms with Crippen molar-refractivity contribution in [2.24, 2.45) is 5.92 Å². The first-order chi connectivity index (χ1) is 14.2. The van der Waals surface area contributed by atoms with Crippen molar-refractivity contribution >= 4 is 0 Å². The summed E-state index contributed by atoms with van der Waals surface area (Å²) >= 11 is 0. The van der Waals surface area contributed by atoms with Crippen LogP contribution in [0.3, 0.4) is 0 Å². The van der Waals surface area contributed by atoms with Crippen LogP contribution < -0.4 is 4.74 Å². The lowest BCUT2D eigenvalue weighted by atomic mass is 9.79. The molecule has 166 valence electrons. The maximum atomic E-state index is 5.87. The summed E-state index contributed by atoms with van der Waals surface area (Å²) in [5.74, 6) is 1.66. The summed E-state index contributed by atoms with van der Waals surface area (Å²) in [7, 11) is 4.49. The average Bonchev–Trinajstić information content (AvgIpc) is 2.70. The minimum Gasteiger partial charge on any atom is -0.491 e. The van der Waals surface area contributed by atoms with Crippen LogP contribution in [0.5, 0.6) is 5.75 Å². The van der Waals surface area contributed by atoms with E-state index >= 15 is 0 Å². The molecule has 0 aliphatic heterocycles. The Balaban J connectivity index is 1.66. The summed E-state index contributed by atoms with van der Waals surface area (Å²) in [5.41, 5.74) is 2.95. The number of quaternary nitrogens is 1. The largest absolute Gasteiger partial charge is 0.491 e. The monoisotopic (exact) mass is 412 g/mol. The summed E-state index contributed by atoms with van der Waals surface area (Å²) < 4.78 is 12.6. The lowest BCUT2D eigenvalue weighted by Gasteiger charge is -2.29. The van der Waals surface area contributed by atoms with Crippen molar-refractivity contribution in [3.63, 3.8) is 0 Å². The molecule has 2 rings (SSSR count). The van der Waals surface area contributed by atoms with Gasteiger partial charge < -0.3 is 14.0 Å². The molecule has 0 amide bonds. The van der Waals surface area contributed by atoms with Crippen molar-refractivity contribution in [2.75, 3.05) is 40.5 Å². The van der Waals surface area contributed by atoms with Crippen LogP contribution >= 0.6 is 0 Å². The van der Waals surface area contributed by atoms with Crippen LogP contribution in [-0.2, 0) is 16.7 Å². The molecule has 0 aromatic heterocycles. The first kappa shape index (κ1) is 24.4. The molecule has 0 fully saturated rings. The highest BCUT2D eigenvalue weighted by Gasteiger charge is 2.20. The molecule has 0 N–H and O–H groups in total. The molecule has 30 heavy (non-hydrogen) atoms. The number of nitrogens with zero attached hydrogens (tertiary/aromatic N) is 1. The fourth-order valence-electron chi connectivity index (χ4n) is 3.59. The Bertz CT molecular complexity index is 720. The van der Waals surface area contributed by atoms with Gasteiger partial charge in [0.2, 0.25) is 0 Å². The molecular formula is C27H42NO2+. The second-order valence-corrected chi connectivity index (χ2v) is 10.1. The number of benzene rings is 2. The third kappa shape index (κ3) is 8.89. The normalized spacial score (nSPS) is 12.4. The Kier molecular flexibility index (Phi) is 9.38. The number of hydrogen-bond acceptors (Lipinski definition) is 2. The van der Waals surface area contributed by atoms with Crippen LogP contribution in [0.1, 0.15) is 51.7 Å². The van der Waals surface area contributed by atoms with E-state index in [-0.39, 0.29) is 5.41 Å². The Hall–Kier alpha value is -1.84. The minimum absolute atomic E-state index is 0.205. The summed E-state index contributed by atoms with van der Waals surface area (Å²) in [6, 6.07) is 19.2. The summed E-state index contributed by atoms with van der Waals surface area (Å²) in [6.45, 7) is 13.2. The van der Waals surface area contributed by atoms with Crippen molar-refractivity contribution in [3.8, 4) is 5.75 Å². The molecule has 0 aliphatic carbocycles. The van der Waals surface area contributed by atoms with Gasteiger partial charge in [-0.15, -0.1) is 0 Å². The molecule has 0 aliphatic rings. The Morgan fingerprint density at radius 2 is 1.53 bits per heavy atom. The highest BCUT2D eigenvalue weighted by Crippen LogP contribution is 2.31. The van der Waals surface area contributed by atoms with Gasteiger partial charge in [-0.05, 0) is 35.4 Å². The average molecular weight is 413 g/mol. The zero-order valence-corrected chi connectivity index (χ0v) is 20.0. The number of ether oxygens (including phenoxy) is 2. The van der Waals surface area contributed by atoms with E-state index in [0.717, 1.165) is 35.8 Å². The van der Waals surface area contributed by atoms with Gasteiger partial charge in [-0.1, -0.05) is 76.6 Å². The quantitative estimate of drug-likeness (QED) is 0.293. The van der Waals surface area contributed by atoms with Gasteiger partial charge in [0.05, 0.1) is 27.3 Å². The fourth-order valence-corrected chi connectivity index (χ4v) is 3.59. The van der Waals surface area contributed by atoms with Gasteiger partial charge in [0, 0.05) is 5.56 Å². The van der Waals surface area contributed by atoms with Crippen LogP contribution in [-0.4, -0.2) is 44.9 Å². The summed E-state index contributed by atoms with van der Waals surface area (Å²) in [4.78, 5) is 0. The Labute approximate surface area is 184 Å². The molecule has 2 aromatic rings. The maximum absolute atomic E-state index is 5.87. The molecule has 0 unspecified atom stereocenters. The van der Waals surface area contributed by atoms with Gasteiger partial charge in [0.25, 0.3) is 0 Å². The SMILES string of the molecule is CC(C)CCC(C)(C)c1ccc(OCCOCC[N+](C)(C)Cc2ccccc2)cc1. The van der Waals surface area contributed by atoms with E-state index in [4.69, 9.17) is 9.47 Å². The molecular weight excluding hydrogens is 370 g/mol. The van der Waals surface area contributed by atoms with Crippen LogP contribution in [0.15, 0.2) is 54.6 Å². The van der Waals surface area contributed by atoms with Crippen molar-refractivity contribution in [3.05, 3.63) is 65.7 Å². The molecule has 3 nitrogen and oxygen atoms in total. The molecule has 0 saturated heterocycles. The van der Waals surface area contributed by atoms with Crippen LogP contribution in [0.4, 0.5) is 0 Å². The van der Waals surface area contributed by atoms with Gasteiger partial charge in [-0.3, -0.25) is 0 Å². The number of rotatable bonds is 13. The van der Waals surface area contributed by atoms with E-state index in [9.17, 15) is 0 Å². The van der Waals surface area contributed by atoms with Gasteiger partial charge in [-0.2, -0.15) is 0 Å². The molecule has 2 aromatic carbocycles. The minimum atomic E-state index is 0.205. The van der Waals surface area contributed by atoms with Crippen LogP contribution in [0, 0.1) is 5.92 Å². The van der Waals surface area contributed by atoms with Crippen LogP contribution in [0.25, 0.3) is 0 Å². The highest BCUT2D eigenvalue weighted by atomic mass is 16.5. The second kappa shape index (κ2) is 11.5. The van der Waals surface area contributed by atoms with E-state index in [0.29, 0.717) is 13.2 Å². The van der Waals surface area contributed by atoms with Crippen molar-refractivity contribution in [1.29, 1.82) is 0 Å². The zero-order chi connectivity index (χ0) is 22.0. The number of hydrogen-bond donors (Lipinski definition) is 0. The van der Waals surface area contributed by atoms with E-state index in [1.165, 1.54) is 24.0 Å². The standard InChI is InChI=1S/C27H42NO2/c1-23(2)16-17-27(3,4)25-12-14-26(15-13-25)30-21-20-29-19-18-28(5,6)22-24-10-8-7-9-11-24/h7-15,23H,16-22H2,1-6H3/q+1. The topological polar surface area (TPSA) is 18.5 Å². The fraction of sp³-hybridized carbons (Fsp3) is 0.556. The smallest absolute Gasteiger partial charge is 0.119 e. The summed E-state index contributed by atoms with van der Waals surface area (Å²) in [5, 5.41) is 0. The van der Waals surface area contributed by atoms with E-state index in [2.05, 4.69) is 96.4 Å². The Morgan fingerprint density at radius 1 is 0.867 bits per heavy atom. The van der Waals surface area contributed by atoms with Crippen molar-refractivity contribution < 1.29 is 14.0 Å². The predicted molar refractivity (Wildman–Crippen MR) is 127 cm³/mol. The maximum Gasteiger partial charge on any atom is 0.119 e. The molecule has 0 spiro atoms. The molecule has 0 heterocycles. The van der Waals surface area contributed by atoms with Crippen LogP contribution in [0.2, 0.25) is 0 Å². The lowest BCUT2D eigenvalue weighted by Crippen LogP contribution is -2.41. The van der Waals surface area contributed by atoms with E-state index in [1.54, 1.807) is 0 Å². The molecule has 0 bridgehead atoms. The Morgan fingerprint density at radius 3 is 2.17 bits per heavy atom. The molecule has 0 radical (unpaired) electrons. The van der Waals surface area contributed by atoms with E-state index < -0.39 is 0 Å². The van der Waals surface area contributed by atoms with E-state index in [1.807, 2.05) is 0 Å². The highest BCUT2D eigenvalue weighted by molar-refractivity contribution is 5.31. The summed E-state index contributed by atoms with van der Waals surface area (Å²) in [6.07, 6.45) is 2.46. The zero-order valence-electron chi connectivity index (χ0n) is 20.0. The van der Waals surface area contributed by atoms with Gasteiger partial charge in [0.15, 0.2) is 0 Å². The van der Waals surface area contributed by atoms with Crippen molar-refractivity contribution in [1.82, 2.24) is 0 Å². The van der Waals surface area contributed by atoms with Gasteiger partial charge in [0.1, 0.15) is 25.4 Å².